The van der Waals surface area contributed by atoms with Crippen LogP contribution in [0.3, 0.4) is 0 Å². The van der Waals surface area contributed by atoms with Crippen LogP contribution in [0.2, 0.25) is 0 Å². The Morgan fingerprint density at radius 2 is 2.15 bits per heavy atom. The molecule has 0 heterocycles. The molecule has 2 atom stereocenters. The minimum atomic E-state index is -0.466. The molecule has 0 rings (SSSR count). The van der Waals surface area contributed by atoms with Gasteiger partial charge >= 0.3 is 5.97 Å². The number of hydrogen-bond acceptors (Lipinski definition) is 4. The van der Waals surface area contributed by atoms with Crippen molar-refractivity contribution >= 4 is 5.97 Å². The molecule has 13 heavy (non-hydrogen) atoms. The molecule has 2 unspecified atom stereocenters. The minimum Gasteiger partial charge on any atom is -0.460 e. The monoisotopic (exact) mass is 188 g/mol. The van der Waals surface area contributed by atoms with Gasteiger partial charge in [0.2, 0.25) is 0 Å². The van der Waals surface area contributed by atoms with Gasteiger partial charge in [0, 0.05) is 6.08 Å². The lowest BCUT2D eigenvalue weighted by Crippen LogP contribution is -2.25. The third kappa shape index (κ3) is 6.31. The minimum absolute atomic E-state index is 0.0419. The Balaban J connectivity index is 3.56. The molecule has 0 saturated heterocycles. The maximum atomic E-state index is 10.6. The SMILES string of the molecule is C=CC(=O)OCC(C)OC(C)CO. The van der Waals surface area contributed by atoms with E-state index in [0.29, 0.717) is 0 Å². The molecule has 4 heteroatoms. The summed E-state index contributed by atoms with van der Waals surface area (Å²) in [5.74, 6) is -0.466. The molecule has 0 amide bonds. The maximum absolute atomic E-state index is 10.6. The molecule has 0 fully saturated rings. The molecule has 76 valence electrons. The van der Waals surface area contributed by atoms with E-state index in [9.17, 15) is 4.79 Å². The molecule has 0 aliphatic heterocycles. The van der Waals surface area contributed by atoms with Crippen LogP contribution in [0.5, 0.6) is 0 Å². The lowest BCUT2D eigenvalue weighted by Gasteiger charge is -2.16. The molecule has 0 saturated carbocycles. The summed E-state index contributed by atoms with van der Waals surface area (Å²) in [5.41, 5.74) is 0. The first-order valence-electron chi connectivity index (χ1n) is 4.15. The number of ether oxygens (including phenoxy) is 2. The number of carbonyl (C=O) groups is 1. The van der Waals surface area contributed by atoms with Gasteiger partial charge in [0.1, 0.15) is 6.61 Å². The van der Waals surface area contributed by atoms with Crippen molar-refractivity contribution < 1.29 is 19.4 Å². The third-order valence-electron chi connectivity index (χ3n) is 1.35. The summed E-state index contributed by atoms with van der Waals surface area (Å²) < 4.78 is 9.97. The average Bonchev–Trinajstić information content (AvgIpc) is 2.13. The van der Waals surface area contributed by atoms with Gasteiger partial charge in [0.05, 0.1) is 18.8 Å². The van der Waals surface area contributed by atoms with Crippen LogP contribution in [0, 0.1) is 0 Å². The van der Waals surface area contributed by atoms with E-state index >= 15 is 0 Å². The van der Waals surface area contributed by atoms with Crippen LogP contribution in [-0.2, 0) is 14.3 Å². The van der Waals surface area contributed by atoms with Gasteiger partial charge in [0.15, 0.2) is 0 Å². The Kier molecular flexibility index (Phi) is 6.18. The Morgan fingerprint density at radius 1 is 1.54 bits per heavy atom. The van der Waals surface area contributed by atoms with Crippen LogP contribution in [0.15, 0.2) is 12.7 Å². The fraction of sp³-hybridized carbons (Fsp3) is 0.667. The van der Waals surface area contributed by atoms with Gasteiger partial charge in [0.25, 0.3) is 0 Å². The van der Waals surface area contributed by atoms with Crippen LogP contribution >= 0.6 is 0 Å². The van der Waals surface area contributed by atoms with Crippen molar-refractivity contribution in [1.29, 1.82) is 0 Å². The predicted molar refractivity (Wildman–Crippen MR) is 48.3 cm³/mol. The van der Waals surface area contributed by atoms with Crippen molar-refractivity contribution in [3.63, 3.8) is 0 Å². The second-order valence-corrected chi connectivity index (χ2v) is 2.77. The van der Waals surface area contributed by atoms with E-state index in [2.05, 4.69) is 6.58 Å². The molecule has 0 aliphatic carbocycles. The average molecular weight is 188 g/mol. The van der Waals surface area contributed by atoms with Crippen LogP contribution in [0.1, 0.15) is 13.8 Å². The largest absolute Gasteiger partial charge is 0.460 e. The topological polar surface area (TPSA) is 55.8 Å². The van der Waals surface area contributed by atoms with Gasteiger partial charge in [-0.3, -0.25) is 0 Å². The Bertz CT molecular complexity index is 167. The highest BCUT2D eigenvalue weighted by atomic mass is 16.6. The molecule has 0 aliphatic rings. The molecular formula is C9H16O4. The first-order chi connectivity index (χ1) is 6.10. The molecule has 0 aromatic heterocycles. The van der Waals surface area contributed by atoms with Gasteiger partial charge in [-0.05, 0) is 13.8 Å². The molecular weight excluding hydrogens is 172 g/mol. The highest BCUT2D eigenvalue weighted by Gasteiger charge is 2.08. The van der Waals surface area contributed by atoms with Crippen molar-refractivity contribution in [3.8, 4) is 0 Å². The summed E-state index contributed by atoms with van der Waals surface area (Å²) in [4.78, 5) is 10.6. The lowest BCUT2D eigenvalue weighted by molar-refractivity contribution is -0.143. The van der Waals surface area contributed by atoms with E-state index < -0.39 is 5.97 Å². The Labute approximate surface area is 78.2 Å². The van der Waals surface area contributed by atoms with Crippen molar-refractivity contribution in [2.75, 3.05) is 13.2 Å². The zero-order valence-electron chi connectivity index (χ0n) is 8.03. The van der Waals surface area contributed by atoms with Gasteiger partial charge in [-0.25, -0.2) is 4.79 Å². The lowest BCUT2D eigenvalue weighted by atomic mass is 10.4. The van der Waals surface area contributed by atoms with E-state index in [1.807, 2.05) is 0 Å². The highest BCUT2D eigenvalue weighted by molar-refractivity contribution is 5.81. The normalized spacial score (nSPS) is 14.7. The molecule has 4 nitrogen and oxygen atoms in total. The van der Waals surface area contributed by atoms with Gasteiger partial charge in [-0.2, -0.15) is 0 Å². The molecule has 0 spiro atoms. The Morgan fingerprint density at radius 3 is 2.62 bits per heavy atom. The summed E-state index contributed by atoms with van der Waals surface area (Å²) in [5, 5.41) is 8.66. The highest BCUT2D eigenvalue weighted by Crippen LogP contribution is 1.98. The molecule has 1 N–H and O–H groups in total. The summed E-state index contributed by atoms with van der Waals surface area (Å²) in [6.45, 7) is 6.90. The predicted octanol–water partition coefficient (Wildman–Crippen LogP) is 0.501. The first-order valence-corrected chi connectivity index (χ1v) is 4.15. The van der Waals surface area contributed by atoms with Crippen molar-refractivity contribution in [2.24, 2.45) is 0 Å². The van der Waals surface area contributed by atoms with E-state index in [4.69, 9.17) is 14.6 Å². The zero-order valence-corrected chi connectivity index (χ0v) is 8.03. The van der Waals surface area contributed by atoms with Crippen LogP contribution < -0.4 is 0 Å². The van der Waals surface area contributed by atoms with Crippen LogP contribution in [0.25, 0.3) is 0 Å². The number of aliphatic hydroxyl groups excluding tert-OH is 1. The molecule has 0 aromatic carbocycles. The second kappa shape index (κ2) is 6.62. The van der Waals surface area contributed by atoms with Crippen LogP contribution in [-0.4, -0.2) is 36.5 Å². The third-order valence-corrected chi connectivity index (χ3v) is 1.35. The van der Waals surface area contributed by atoms with E-state index in [0.717, 1.165) is 6.08 Å². The van der Waals surface area contributed by atoms with E-state index in [1.165, 1.54) is 0 Å². The van der Waals surface area contributed by atoms with E-state index in [1.54, 1.807) is 13.8 Å². The zero-order chi connectivity index (χ0) is 10.3. The number of rotatable bonds is 6. The van der Waals surface area contributed by atoms with E-state index in [-0.39, 0.29) is 25.4 Å². The standard InChI is InChI=1S/C9H16O4/c1-4-9(11)12-6-8(3)13-7(2)5-10/h4,7-8,10H,1,5-6H2,2-3H3. The summed E-state index contributed by atoms with van der Waals surface area (Å²) >= 11 is 0. The van der Waals surface area contributed by atoms with Gasteiger partial charge in [-0.15, -0.1) is 0 Å². The molecule has 0 bridgehead atoms. The summed E-state index contributed by atoms with van der Waals surface area (Å²) in [7, 11) is 0. The quantitative estimate of drug-likeness (QED) is 0.487. The van der Waals surface area contributed by atoms with Crippen molar-refractivity contribution in [1.82, 2.24) is 0 Å². The summed E-state index contributed by atoms with van der Waals surface area (Å²) in [6.07, 6.45) is 0.644. The Hall–Kier alpha value is -0.870. The smallest absolute Gasteiger partial charge is 0.330 e. The number of aliphatic hydroxyl groups is 1. The van der Waals surface area contributed by atoms with Crippen LogP contribution in [0.4, 0.5) is 0 Å². The summed E-state index contributed by atoms with van der Waals surface area (Å²) in [6, 6.07) is 0. The molecule has 0 radical (unpaired) electrons. The maximum Gasteiger partial charge on any atom is 0.330 e. The number of carbonyl (C=O) groups excluding carboxylic acids is 1. The molecule has 0 aromatic rings. The number of hydrogen-bond donors (Lipinski definition) is 1. The number of esters is 1. The van der Waals surface area contributed by atoms with Crippen molar-refractivity contribution in [2.45, 2.75) is 26.1 Å². The fourth-order valence-electron chi connectivity index (χ4n) is 0.737. The fourth-order valence-corrected chi connectivity index (χ4v) is 0.737. The van der Waals surface area contributed by atoms with Gasteiger partial charge < -0.3 is 14.6 Å². The first kappa shape index (κ1) is 12.1. The van der Waals surface area contributed by atoms with Gasteiger partial charge in [-0.1, -0.05) is 6.58 Å². The second-order valence-electron chi connectivity index (χ2n) is 2.77. The van der Waals surface area contributed by atoms with Crippen molar-refractivity contribution in [3.05, 3.63) is 12.7 Å².